The molecule has 28 heavy (non-hydrogen) atoms. The van der Waals surface area contributed by atoms with Crippen LogP contribution in [0.3, 0.4) is 0 Å². The van der Waals surface area contributed by atoms with E-state index in [1.165, 1.54) is 0 Å². The fourth-order valence-electron chi connectivity index (χ4n) is 3.27. The zero-order valence-electron chi connectivity index (χ0n) is 15.8. The summed E-state index contributed by atoms with van der Waals surface area (Å²) in [6.45, 7) is 1.89. The van der Waals surface area contributed by atoms with Gasteiger partial charge >= 0.3 is 0 Å². The van der Waals surface area contributed by atoms with E-state index in [1.54, 1.807) is 19.2 Å². The molecule has 6 heteroatoms. The second-order valence-corrected chi connectivity index (χ2v) is 6.68. The smallest absolute Gasteiger partial charge is 0.274 e. The Kier molecular flexibility index (Phi) is 5.19. The van der Waals surface area contributed by atoms with Crippen LogP contribution < -0.4 is 15.0 Å². The summed E-state index contributed by atoms with van der Waals surface area (Å²) in [5, 5.41) is 2.90. The Bertz CT molecular complexity index is 969. The summed E-state index contributed by atoms with van der Waals surface area (Å²) in [5.41, 5.74) is 1.89. The van der Waals surface area contributed by atoms with E-state index >= 15 is 0 Å². The minimum atomic E-state index is -0.270. The van der Waals surface area contributed by atoms with Gasteiger partial charge in [-0.15, -0.1) is 0 Å². The number of carbonyl (C=O) groups excluding carboxylic acids is 1. The van der Waals surface area contributed by atoms with Gasteiger partial charge in [0.15, 0.2) is 5.82 Å². The van der Waals surface area contributed by atoms with Crippen molar-refractivity contribution in [1.82, 2.24) is 9.97 Å². The maximum Gasteiger partial charge on any atom is 0.274 e. The van der Waals surface area contributed by atoms with E-state index in [2.05, 4.69) is 15.2 Å². The van der Waals surface area contributed by atoms with Crippen molar-refractivity contribution < 1.29 is 9.53 Å². The predicted octanol–water partition coefficient (Wildman–Crippen LogP) is 4.00. The topological polar surface area (TPSA) is 67.3 Å². The Labute approximate surface area is 164 Å². The van der Waals surface area contributed by atoms with Crippen molar-refractivity contribution in [3.05, 3.63) is 66.4 Å². The van der Waals surface area contributed by atoms with Gasteiger partial charge in [0.2, 0.25) is 0 Å². The molecule has 0 spiro atoms. The number of rotatable bonds is 5. The molecule has 1 N–H and O–H groups in total. The number of nitrogens with zero attached hydrogens (tertiary/aromatic N) is 3. The Hall–Kier alpha value is -3.41. The number of amides is 1. The molecular formula is C22H22N4O2. The fourth-order valence-corrected chi connectivity index (χ4v) is 3.27. The molecule has 4 rings (SSSR count). The van der Waals surface area contributed by atoms with E-state index in [0.29, 0.717) is 23.0 Å². The van der Waals surface area contributed by atoms with Gasteiger partial charge in [0.05, 0.1) is 7.11 Å². The molecule has 0 atom stereocenters. The van der Waals surface area contributed by atoms with Crippen LogP contribution in [0.15, 0.2) is 60.7 Å². The Morgan fingerprint density at radius 3 is 2.54 bits per heavy atom. The zero-order valence-corrected chi connectivity index (χ0v) is 15.8. The van der Waals surface area contributed by atoms with Crippen LogP contribution in [-0.4, -0.2) is 36.1 Å². The van der Waals surface area contributed by atoms with Crippen molar-refractivity contribution in [3.8, 4) is 17.1 Å². The van der Waals surface area contributed by atoms with Crippen LogP contribution >= 0.6 is 0 Å². The van der Waals surface area contributed by atoms with Crippen LogP contribution in [0.25, 0.3) is 11.4 Å². The highest BCUT2D eigenvalue weighted by atomic mass is 16.5. The van der Waals surface area contributed by atoms with Gasteiger partial charge in [0.1, 0.15) is 17.3 Å². The summed E-state index contributed by atoms with van der Waals surface area (Å²) in [4.78, 5) is 24.4. The summed E-state index contributed by atoms with van der Waals surface area (Å²) < 4.78 is 5.22. The van der Waals surface area contributed by atoms with Gasteiger partial charge in [-0.3, -0.25) is 4.79 Å². The number of anilines is 2. The normalized spacial score (nSPS) is 13.4. The third kappa shape index (κ3) is 3.96. The monoisotopic (exact) mass is 374 g/mol. The number of hydrogen-bond acceptors (Lipinski definition) is 5. The van der Waals surface area contributed by atoms with E-state index in [4.69, 9.17) is 9.72 Å². The van der Waals surface area contributed by atoms with Gasteiger partial charge < -0.3 is 15.0 Å². The van der Waals surface area contributed by atoms with Crippen LogP contribution in [-0.2, 0) is 0 Å². The highest BCUT2D eigenvalue weighted by molar-refractivity contribution is 6.03. The third-order valence-electron chi connectivity index (χ3n) is 4.73. The molecule has 1 fully saturated rings. The second-order valence-electron chi connectivity index (χ2n) is 6.68. The summed E-state index contributed by atoms with van der Waals surface area (Å²) in [6, 6.07) is 18.8. The van der Waals surface area contributed by atoms with Crippen LogP contribution in [0.2, 0.25) is 0 Å². The first-order valence-corrected chi connectivity index (χ1v) is 9.38. The average molecular weight is 374 g/mol. The highest BCUT2D eigenvalue weighted by Crippen LogP contribution is 2.24. The summed E-state index contributed by atoms with van der Waals surface area (Å²) in [7, 11) is 1.60. The van der Waals surface area contributed by atoms with Crippen LogP contribution in [0, 0.1) is 0 Å². The van der Waals surface area contributed by atoms with Gasteiger partial charge in [-0.2, -0.15) is 0 Å². The standard InChI is InChI=1S/C22H22N4O2/c1-28-18-11-7-10-17(14-18)23-22(27)19-15-20(26-12-5-6-13-26)25-21(24-19)16-8-3-2-4-9-16/h2-4,7-11,14-15H,5-6,12-13H2,1H3,(H,23,27). The van der Waals surface area contributed by atoms with E-state index in [-0.39, 0.29) is 5.91 Å². The zero-order chi connectivity index (χ0) is 19.3. The van der Waals surface area contributed by atoms with Crippen molar-refractivity contribution in [2.45, 2.75) is 12.8 Å². The molecular weight excluding hydrogens is 352 g/mol. The number of nitrogens with one attached hydrogen (secondary N) is 1. The van der Waals surface area contributed by atoms with Crippen molar-refractivity contribution in [1.29, 1.82) is 0 Å². The number of carbonyl (C=O) groups is 1. The Balaban J connectivity index is 1.68. The third-order valence-corrected chi connectivity index (χ3v) is 4.73. The Morgan fingerprint density at radius 1 is 1.00 bits per heavy atom. The average Bonchev–Trinajstić information content (AvgIpc) is 3.29. The quantitative estimate of drug-likeness (QED) is 0.731. The molecule has 1 saturated heterocycles. The summed E-state index contributed by atoms with van der Waals surface area (Å²) in [6.07, 6.45) is 2.27. The summed E-state index contributed by atoms with van der Waals surface area (Å²) in [5.74, 6) is 1.76. The van der Waals surface area contributed by atoms with E-state index in [1.807, 2.05) is 48.5 Å². The molecule has 2 heterocycles. The number of aromatic nitrogens is 2. The van der Waals surface area contributed by atoms with Gasteiger partial charge in [-0.1, -0.05) is 36.4 Å². The molecule has 1 aliphatic rings. The molecule has 0 saturated carbocycles. The molecule has 2 aromatic carbocycles. The van der Waals surface area contributed by atoms with Gasteiger partial charge in [0, 0.05) is 36.5 Å². The Morgan fingerprint density at radius 2 is 1.79 bits per heavy atom. The molecule has 1 amide bonds. The molecule has 1 aliphatic heterocycles. The van der Waals surface area contributed by atoms with Crippen molar-refractivity contribution >= 4 is 17.4 Å². The lowest BCUT2D eigenvalue weighted by Gasteiger charge is -2.18. The minimum absolute atomic E-state index is 0.270. The second kappa shape index (κ2) is 8.08. The largest absolute Gasteiger partial charge is 0.497 e. The number of methoxy groups -OCH3 is 1. The summed E-state index contributed by atoms with van der Waals surface area (Å²) >= 11 is 0. The molecule has 1 aromatic heterocycles. The maximum atomic E-state index is 12.9. The van der Waals surface area contributed by atoms with Crippen LogP contribution in [0.5, 0.6) is 5.75 Å². The van der Waals surface area contributed by atoms with Gasteiger partial charge in [0.25, 0.3) is 5.91 Å². The number of ether oxygens (including phenoxy) is 1. The lowest BCUT2D eigenvalue weighted by Crippen LogP contribution is -2.22. The first kappa shape index (κ1) is 18.0. The lowest BCUT2D eigenvalue weighted by molar-refractivity contribution is 0.102. The molecule has 0 unspecified atom stereocenters. The van der Waals surface area contributed by atoms with Crippen molar-refractivity contribution in [2.24, 2.45) is 0 Å². The predicted molar refractivity (Wildman–Crippen MR) is 110 cm³/mol. The fraction of sp³-hybridized carbons (Fsp3) is 0.227. The van der Waals surface area contributed by atoms with E-state index in [9.17, 15) is 4.79 Å². The van der Waals surface area contributed by atoms with Crippen LogP contribution in [0.1, 0.15) is 23.3 Å². The molecule has 0 radical (unpaired) electrons. The molecule has 0 bridgehead atoms. The lowest BCUT2D eigenvalue weighted by atomic mass is 10.2. The van der Waals surface area contributed by atoms with Crippen LogP contribution in [0.4, 0.5) is 11.5 Å². The highest BCUT2D eigenvalue weighted by Gasteiger charge is 2.19. The van der Waals surface area contributed by atoms with Crippen molar-refractivity contribution in [3.63, 3.8) is 0 Å². The molecule has 0 aliphatic carbocycles. The molecule has 3 aromatic rings. The molecule has 6 nitrogen and oxygen atoms in total. The van der Waals surface area contributed by atoms with E-state index < -0.39 is 0 Å². The minimum Gasteiger partial charge on any atom is -0.497 e. The number of benzene rings is 2. The SMILES string of the molecule is COc1cccc(NC(=O)c2cc(N3CCCC3)nc(-c3ccccc3)n2)c1. The van der Waals surface area contributed by atoms with Gasteiger partial charge in [-0.25, -0.2) is 9.97 Å². The first-order chi connectivity index (χ1) is 13.7. The number of hydrogen-bond donors (Lipinski definition) is 1. The first-order valence-electron chi connectivity index (χ1n) is 9.38. The maximum absolute atomic E-state index is 12.9. The van der Waals surface area contributed by atoms with Crippen molar-refractivity contribution in [2.75, 3.05) is 30.4 Å². The molecule has 142 valence electrons. The van der Waals surface area contributed by atoms with Gasteiger partial charge in [-0.05, 0) is 25.0 Å². The van der Waals surface area contributed by atoms with E-state index in [0.717, 1.165) is 37.3 Å².